The van der Waals surface area contributed by atoms with E-state index in [1.807, 2.05) is 6.07 Å². The van der Waals surface area contributed by atoms with E-state index in [1.54, 1.807) is 18.4 Å². The van der Waals surface area contributed by atoms with Gasteiger partial charge in [0.25, 0.3) is 5.89 Å². The van der Waals surface area contributed by atoms with E-state index in [4.69, 9.17) is 8.83 Å². The first-order valence-electron chi connectivity index (χ1n) is 8.79. The summed E-state index contributed by atoms with van der Waals surface area (Å²) in [6.07, 6.45) is 2.62. The largest absolute Gasteiger partial charge is 0.459 e. The second-order valence-corrected chi connectivity index (χ2v) is 6.33. The molecule has 0 atom stereocenters. The van der Waals surface area contributed by atoms with Crippen LogP contribution in [0.3, 0.4) is 0 Å². The zero-order chi connectivity index (χ0) is 17.8. The van der Waals surface area contributed by atoms with Crippen LogP contribution < -0.4 is 4.90 Å². The molecule has 1 aromatic carbocycles. The van der Waals surface area contributed by atoms with Crippen LogP contribution in [0.2, 0.25) is 0 Å². The van der Waals surface area contributed by atoms with Crippen molar-refractivity contribution in [2.45, 2.75) is 6.42 Å². The number of hydrogen-bond donors (Lipinski definition) is 0. The third kappa shape index (κ3) is 3.48. The molecule has 0 saturated carbocycles. The average molecular weight is 348 g/mol. The molecule has 2 aromatic heterocycles. The Hall–Kier alpha value is -3.04. The number of oxazole rings is 1. The summed E-state index contributed by atoms with van der Waals surface area (Å²) in [6, 6.07) is 16.2. The Bertz CT molecular complexity index is 872. The van der Waals surface area contributed by atoms with E-state index in [1.165, 1.54) is 5.56 Å². The van der Waals surface area contributed by atoms with Crippen LogP contribution in [0.5, 0.6) is 0 Å². The third-order valence-corrected chi connectivity index (χ3v) is 4.67. The van der Waals surface area contributed by atoms with Gasteiger partial charge in [0.05, 0.1) is 6.26 Å². The van der Waals surface area contributed by atoms with Gasteiger partial charge in [-0.3, -0.25) is 4.90 Å². The molecule has 1 aliphatic heterocycles. The van der Waals surface area contributed by atoms with Crippen molar-refractivity contribution in [1.82, 2.24) is 9.88 Å². The van der Waals surface area contributed by atoms with E-state index in [-0.39, 0.29) is 0 Å². The van der Waals surface area contributed by atoms with Crippen molar-refractivity contribution in [3.8, 4) is 17.7 Å². The van der Waals surface area contributed by atoms with Crippen LogP contribution in [-0.4, -0.2) is 42.6 Å². The molecule has 1 fully saturated rings. The molecule has 132 valence electrons. The Morgan fingerprint density at radius 1 is 1.04 bits per heavy atom. The first-order chi connectivity index (χ1) is 12.8. The Labute approximate surface area is 152 Å². The molecule has 6 heteroatoms. The number of furan rings is 1. The maximum absolute atomic E-state index is 9.38. The number of nitriles is 1. The number of benzene rings is 1. The average Bonchev–Trinajstić information content (AvgIpc) is 3.37. The van der Waals surface area contributed by atoms with E-state index in [9.17, 15) is 5.26 Å². The van der Waals surface area contributed by atoms with Crippen molar-refractivity contribution < 1.29 is 8.83 Å². The van der Waals surface area contributed by atoms with E-state index in [2.05, 4.69) is 45.1 Å². The fourth-order valence-electron chi connectivity index (χ4n) is 3.21. The summed E-state index contributed by atoms with van der Waals surface area (Å²) in [5.41, 5.74) is 1.68. The molecule has 3 heterocycles. The molecule has 26 heavy (non-hydrogen) atoms. The lowest BCUT2D eigenvalue weighted by Crippen LogP contribution is -2.47. The third-order valence-electron chi connectivity index (χ3n) is 4.67. The predicted molar refractivity (Wildman–Crippen MR) is 97.7 cm³/mol. The molecule has 1 aliphatic rings. The highest BCUT2D eigenvalue weighted by atomic mass is 16.4. The molecule has 0 amide bonds. The van der Waals surface area contributed by atoms with Gasteiger partial charge in [0, 0.05) is 32.7 Å². The van der Waals surface area contributed by atoms with E-state index >= 15 is 0 Å². The summed E-state index contributed by atoms with van der Waals surface area (Å²) in [5.74, 6) is 1.43. The van der Waals surface area contributed by atoms with Crippen LogP contribution in [0.1, 0.15) is 11.3 Å². The second kappa shape index (κ2) is 7.46. The Morgan fingerprint density at radius 2 is 1.85 bits per heavy atom. The lowest BCUT2D eigenvalue weighted by atomic mass is 10.1. The van der Waals surface area contributed by atoms with Crippen LogP contribution in [0.25, 0.3) is 11.7 Å². The smallest absolute Gasteiger partial charge is 0.266 e. The van der Waals surface area contributed by atoms with Crippen LogP contribution >= 0.6 is 0 Å². The van der Waals surface area contributed by atoms with Gasteiger partial charge in [-0.05, 0) is 24.1 Å². The van der Waals surface area contributed by atoms with Gasteiger partial charge in [-0.15, -0.1) is 0 Å². The van der Waals surface area contributed by atoms with Crippen molar-refractivity contribution >= 4 is 5.88 Å². The van der Waals surface area contributed by atoms with Crippen molar-refractivity contribution in [1.29, 1.82) is 5.26 Å². The van der Waals surface area contributed by atoms with Gasteiger partial charge in [-0.25, -0.2) is 0 Å². The molecule has 6 nitrogen and oxygen atoms in total. The molecule has 0 N–H and O–H groups in total. The SMILES string of the molecule is N#Cc1nc(-c2ccco2)oc1N1CCN(CCc2ccccc2)CC1. The molecular weight excluding hydrogens is 328 g/mol. The van der Waals surface area contributed by atoms with E-state index in [0.717, 1.165) is 39.1 Å². The van der Waals surface area contributed by atoms with Gasteiger partial charge in [-0.1, -0.05) is 30.3 Å². The fourth-order valence-corrected chi connectivity index (χ4v) is 3.21. The number of nitrogens with zero attached hydrogens (tertiary/aromatic N) is 4. The second-order valence-electron chi connectivity index (χ2n) is 6.33. The zero-order valence-corrected chi connectivity index (χ0v) is 14.5. The summed E-state index contributed by atoms with van der Waals surface area (Å²) in [4.78, 5) is 8.80. The number of piperazine rings is 1. The number of rotatable bonds is 5. The summed E-state index contributed by atoms with van der Waals surface area (Å²) in [5, 5.41) is 9.38. The van der Waals surface area contributed by atoms with Gasteiger partial charge >= 0.3 is 0 Å². The highest BCUT2D eigenvalue weighted by Gasteiger charge is 2.25. The summed E-state index contributed by atoms with van der Waals surface area (Å²) in [7, 11) is 0. The van der Waals surface area contributed by atoms with Gasteiger partial charge in [0.15, 0.2) is 5.76 Å². The Morgan fingerprint density at radius 3 is 2.54 bits per heavy atom. The standard InChI is InChI=1S/C20H20N4O2/c21-15-17-20(26-19(22-17)18-7-4-14-25-18)24-12-10-23(11-13-24)9-8-16-5-2-1-3-6-16/h1-7,14H,8-13H2. The van der Waals surface area contributed by atoms with Crippen LogP contribution in [0.15, 0.2) is 57.6 Å². The molecule has 0 aliphatic carbocycles. The molecule has 1 saturated heterocycles. The Kier molecular flexibility index (Phi) is 4.71. The quantitative estimate of drug-likeness (QED) is 0.705. The molecule has 0 radical (unpaired) electrons. The topological polar surface area (TPSA) is 69.4 Å². The van der Waals surface area contributed by atoms with Crippen molar-refractivity contribution in [2.75, 3.05) is 37.6 Å². The van der Waals surface area contributed by atoms with Crippen molar-refractivity contribution in [3.63, 3.8) is 0 Å². The molecule has 0 spiro atoms. The molecule has 0 unspecified atom stereocenters. The minimum atomic E-state index is 0.314. The molecule has 0 bridgehead atoms. The van der Waals surface area contributed by atoms with E-state index < -0.39 is 0 Å². The maximum atomic E-state index is 9.38. The number of anilines is 1. The molecule has 3 aromatic rings. The van der Waals surface area contributed by atoms with Gasteiger partial charge in [-0.2, -0.15) is 10.2 Å². The first kappa shape index (κ1) is 16.4. The van der Waals surface area contributed by atoms with Crippen LogP contribution in [-0.2, 0) is 6.42 Å². The summed E-state index contributed by atoms with van der Waals surface area (Å²) >= 11 is 0. The lowest BCUT2D eigenvalue weighted by molar-refractivity contribution is 0.257. The predicted octanol–water partition coefficient (Wildman–Crippen LogP) is 3.17. The number of hydrogen-bond acceptors (Lipinski definition) is 6. The minimum absolute atomic E-state index is 0.314. The minimum Gasteiger partial charge on any atom is -0.459 e. The van der Waals surface area contributed by atoms with Crippen molar-refractivity contribution in [3.05, 3.63) is 60.0 Å². The summed E-state index contributed by atoms with van der Waals surface area (Å²) in [6.45, 7) is 4.55. The van der Waals surface area contributed by atoms with Gasteiger partial charge in [0.1, 0.15) is 6.07 Å². The highest BCUT2D eigenvalue weighted by molar-refractivity contribution is 5.55. The monoisotopic (exact) mass is 348 g/mol. The molecule has 4 rings (SSSR count). The first-order valence-corrected chi connectivity index (χ1v) is 8.79. The zero-order valence-electron chi connectivity index (χ0n) is 14.5. The van der Waals surface area contributed by atoms with Crippen LogP contribution in [0, 0.1) is 11.3 Å². The lowest BCUT2D eigenvalue weighted by Gasteiger charge is -2.34. The van der Waals surface area contributed by atoms with Gasteiger partial charge in [0.2, 0.25) is 11.6 Å². The van der Waals surface area contributed by atoms with Gasteiger partial charge < -0.3 is 13.7 Å². The summed E-state index contributed by atoms with van der Waals surface area (Å²) < 4.78 is 11.2. The normalized spacial score (nSPS) is 15.1. The van der Waals surface area contributed by atoms with E-state index in [0.29, 0.717) is 23.2 Å². The van der Waals surface area contributed by atoms with Crippen LogP contribution in [0.4, 0.5) is 5.88 Å². The highest BCUT2D eigenvalue weighted by Crippen LogP contribution is 2.29. The fraction of sp³-hybridized carbons (Fsp3) is 0.300. The Balaban J connectivity index is 1.38. The maximum Gasteiger partial charge on any atom is 0.266 e. The number of aromatic nitrogens is 1. The molecular formula is C20H20N4O2. The van der Waals surface area contributed by atoms with Crippen molar-refractivity contribution in [2.24, 2.45) is 0 Å².